The van der Waals surface area contributed by atoms with Gasteiger partial charge in [0.25, 0.3) is 0 Å². The second-order valence-corrected chi connectivity index (χ2v) is 9.50. The molecular formula is C22H33N3O2. The molecule has 0 aromatic rings. The largest absolute Gasteiger partial charge is 0.396 e. The van der Waals surface area contributed by atoms with E-state index in [2.05, 4.69) is 31.0 Å². The van der Waals surface area contributed by atoms with Crippen molar-refractivity contribution in [1.82, 2.24) is 0 Å². The molecule has 5 nitrogen and oxygen atoms in total. The van der Waals surface area contributed by atoms with Crippen LogP contribution in [-0.2, 0) is 4.79 Å². The molecule has 2 fully saturated rings. The number of guanidine groups is 1. The zero-order chi connectivity index (χ0) is 19.4. The van der Waals surface area contributed by atoms with Crippen LogP contribution in [-0.4, -0.2) is 30.0 Å². The summed E-state index contributed by atoms with van der Waals surface area (Å²) in [4.78, 5) is 17.5. The molecule has 27 heavy (non-hydrogen) atoms. The van der Waals surface area contributed by atoms with Crippen molar-refractivity contribution in [2.24, 2.45) is 51.0 Å². The smallest absolute Gasteiger partial charge is 0.185 e. The second kappa shape index (κ2) is 6.47. The Kier molecular flexibility index (Phi) is 4.49. The lowest BCUT2D eigenvalue weighted by atomic mass is 9.45. The number of aliphatic hydroxyl groups is 1. The minimum absolute atomic E-state index is 0.0201. The number of aliphatic hydroxyl groups excluding tert-OH is 1. The number of hydrogen-bond acceptors (Lipinski definition) is 3. The molecule has 5 heteroatoms. The highest BCUT2D eigenvalue weighted by Crippen LogP contribution is 2.76. The Morgan fingerprint density at radius 1 is 1.33 bits per heavy atom. The maximum absolute atomic E-state index is 13.4. The molecule has 0 saturated heterocycles. The predicted molar refractivity (Wildman–Crippen MR) is 107 cm³/mol. The van der Waals surface area contributed by atoms with Crippen molar-refractivity contribution in [1.29, 1.82) is 0 Å². The lowest BCUT2D eigenvalue weighted by molar-refractivity contribution is -0.131. The van der Waals surface area contributed by atoms with E-state index in [0.717, 1.165) is 44.1 Å². The number of aliphatic imine (C=N–C) groups is 1. The van der Waals surface area contributed by atoms with Crippen molar-refractivity contribution >= 4 is 11.7 Å². The lowest BCUT2D eigenvalue weighted by Gasteiger charge is -2.58. The van der Waals surface area contributed by atoms with Crippen molar-refractivity contribution in [2.45, 2.75) is 52.4 Å². The van der Waals surface area contributed by atoms with E-state index < -0.39 is 0 Å². The van der Waals surface area contributed by atoms with Gasteiger partial charge in [0, 0.05) is 18.6 Å². The van der Waals surface area contributed by atoms with Crippen LogP contribution in [0.25, 0.3) is 0 Å². The first kappa shape index (κ1) is 18.7. The van der Waals surface area contributed by atoms with Gasteiger partial charge in [-0.05, 0) is 67.3 Å². The number of fused-ring (bicyclic) bond motifs is 1. The summed E-state index contributed by atoms with van der Waals surface area (Å²) in [5.74, 6) is 1.74. The van der Waals surface area contributed by atoms with Crippen molar-refractivity contribution in [3.8, 4) is 0 Å². The Labute approximate surface area is 162 Å². The van der Waals surface area contributed by atoms with Gasteiger partial charge >= 0.3 is 0 Å². The number of unbranched alkanes of at least 4 members (excludes halogenated alkanes) is 1. The summed E-state index contributed by atoms with van der Waals surface area (Å²) in [6, 6.07) is 0. The van der Waals surface area contributed by atoms with Gasteiger partial charge in [0.2, 0.25) is 0 Å². The van der Waals surface area contributed by atoms with Crippen LogP contribution in [0.5, 0.6) is 0 Å². The number of rotatable bonds is 6. The highest BCUT2D eigenvalue weighted by atomic mass is 16.3. The van der Waals surface area contributed by atoms with E-state index in [1.54, 1.807) is 0 Å². The van der Waals surface area contributed by atoms with Crippen LogP contribution in [0.3, 0.4) is 0 Å². The van der Waals surface area contributed by atoms with Gasteiger partial charge in [0.15, 0.2) is 11.7 Å². The monoisotopic (exact) mass is 371 g/mol. The normalized spacial score (nSPS) is 38.3. The van der Waals surface area contributed by atoms with E-state index in [-0.39, 0.29) is 29.3 Å². The first-order chi connectivity index (χ1) is 12.9. The number of ketones is 1. The molecule has 0 heterocycles. The van der Waals surface area contributed by atoms with E-state index in [4.69, 9.17) is 11.5 Å². The molecule has 5 N–H and O–H groups in total. The van der Waals surface area contributed by atoms with Gasteiger partial charge < -0.3 is 16.6 Å². The first-order valence-electron chi connectivity index (χ1n) is 10.4. The Morgan fingerprint density at radius 2 is 2.11 bits per heavy atom. The SMILES string of the molecule is CC1(C)C2CC3=C(CCCCN=C(N)N)C(=O)C4C=CCC(C(CO)C2)C341. The van der Waals surface area contributed by atoms with Crippen LogP contribution in [0.15, 0.2) is 28.3 Å². The van der Waals surface area contributed by atoms with Gasteiger partial charge in [-0.3, -0.25) is 9.79 Å². The van der Waals surface area contributed by atoms with E-state index in [9.17, 15) is 9.90 Å². The molecule has 4 aliphatic rings. The molecule has 0 aromatic heterocycles. The summed E-state index contributed by atoms with van der Waals surface area (Å²) in [5, 5.41) is 10.1. The van der Waals surface area contributed by atoms with Crippen LogP contribution in [0.2, 0.25) is 0 Å². The number of carbonyl (C=O) groups is 1. The second-order valence-electron chi connectivity index (χ2n) is 9.50. The molecule has 0 aromatic carbocycles. The van der Waals surface area contributed by atoms with Crippen LogP contribution in [0.4, 0.5) is 0 Å². The molecule has 0 radical (unpaired) electrons. The van der Waals surface area contributed by atoms with Crippen LogP contribution in [0, 0.1) is 34.5 Å². The topological polar surface area (TPSA) is 102 Å². The van der Waals surface area contributed by atoms with Gasteiger partial charge in [0.05, 0.1) is 5.92 Å². The maximum Gasteiger partial charge on any atom is 0.185 e. The molecule has 2 bridgehead atoms. The zero-order valence-electron chi connectivity index (χ0n) is 16.6. The predicted octanol–water partition coefficient (Wildman–Crippen LogP) is 2.55. The third-order valence-electron chi connectivity index (χ3n) is 8.29. The average Bonchev–Trinajstić information content (AvgIpc) is 2.90. The van der Waals surface area contributed by atoms with Crippen LogP contribution < -0.4 is 11.5 Å². The fraction of sp³-hybridized carbons (Fsp3) is 0.727. The highest BCUT2D eigenvalue weighted by Gasteiger charge is 2.72. The summed E-state index contributed by atoms with van der Waals surface area (Å²) in [5.41, 5.74) is 13.4. The molecule has 5 unspecified atom stereocenters. The standard InChI is InChI=1S/C22H33N3O2/c1-21(2)14-10-13(12-26)16-7-5-8-17-19(27)15(18(11-14)22(16,17)21)6-3-4-9-25-20(23)24/h5,8,13-14,16-17,26H,3-4,6-7,9-12H2,1-2H3,(H4,23,24,25). The van der Waals surface area contributed by atoms with Crippen molar-refractivity contribution in [2.75, 3.05) is 13.2 Å². The fourth-order valence-corrected chi connectivity index (χ4v) is 7.19. The van der Waals surface area contributed by atoms with Crippen molar-refractivity contribution in [3.63, 3.8) is 0 Å². The molecule has 4 rings (SSSR count). The zero-order valence-corrected chi connectivity index (χ0v) is 16.6. The number of nitrogens with two attached hydrogens (primary N) is 2. The summed E-state index contributed by atoms with van der Waals surface area (Å²) in [6.45, 7) is 5.63. The average molecular weight is 372 g/mol. The van der Waals surface area contributed by atoms with Gasteiger partial charge in [-0.1, -0.05) is 31.6 Å². The first-order valence-corrected chi connectivity index (χ1v) is 10.4. The van der Waals surface area contributed by atoms with Crippen molar-refractivity contribution in [3.05, 3.63) is 23.3 Å². The summed E-state index contributed by atoms with van der Waals surface area (Å²) < 4.78 is 0. The summed E-state index contributed by atoms with van der Waals surface area (Å²) in [6.07, 6.45) is 10.2. The van der Waals surface area contributed by atoms with Gasteiger partial charge in [-0.15, -0.1) is 0 Å². The summed E-state index contributed by atoms with van der Waals surface area (Å²) >= 11 is 0. The Morgan fingerprint density at radius 3 is 2.81 bits per heavy atom. The summed E-state index contributed by atoms with van der Waals surface area (Å²) in [7, 11) is 0. The number of allylic oxidation sites excluding steroid dienone is 4. The number of nitrogens with zero attached hydrogens (tertiary/aromatic N) is 1. The molecule has 0 aliphatic heterocycles. The Hall–Kier alpha value is -1.62. The van der Waals surface area contributed by atoms with E-state index >= 15 is 0 Å². The molecule has 1 spiro atoms. The lowest BCUT2D eigenvalue weighted by Crippen LogP contribution is -2.55. The number of hydrogen-bond donors (Lipinski definition) is 3. The van der Waals surface area contributed by atoms with E-state index in [1.165, 1.54) is 5.57 Å². The third kappa shape index (κ3) is 2.40. The van der Waals surface area contributed by atoms with E-state index in [0.29, 0.717) is 30.1 Å². The third-order valence-corrected chi connectivity index (χ3v) is 8.29. The maximum atomic E-state index is 13.4. The van der Waals surface area contributed by atoms with Gasteiger partial charge in [-0.25, -0.2) is 0 Å². The van der Waals surface area contributed by atoms with Crippen LogP contribution >= 0.6 is 0 Å². The number of Topliss-reactive ketones (excluding diaryl/α,β-unsaturated/α-hetero) is 1. The molecule has 2 saturated carbocycles. The molecule has 5 atom stereocenters. The Balaban J connectivity index is 1.68. The quantitative estimate of drug-likeness (QED) is 0.289. The highest BCUT2D eigenvalue weighted by molar-refractivity contribution is 6.04. The van der Waals surface area contributed by atoms with Crippen molar-refractivity contribution < 1.29 is 9.90 Å². The fourth-order valence-electron chi connectivity index (χ4n) is 7.19. The number of carbonyl (C=O) groups excluding carboxylic acids is 1. The molecular weight excluding hydrogens is 338 g/mol. The molecule has 4 aliphatic carbocycles. The van der Waals surface area contributed by atoms with Gasteiger partial charge in [-0.2, -0.15) is 0 Å². The van der Waals surface area contributed by atoms with Crippen LogP contribution in [0.1, 0.15) is 52.4 Å². The Bertz CT molecular complexity index is 732. The van der Waals surface area contributed by atoms with Gasteiger partial charge in [0.1, 0.15) is 0 Å². The minimum atomic E-state index is -0.0652. The van der Waals surface area contributed by atoms with E-state index in [1.807, 2.05) is 0 Å². The molecule has 148 valence electrons. The minimum Gasteiger partial charge on any atom is -0.396 e. The molecule has 0 amide bonds.